The Morgan fingerprint density at radius 1 is 1.35 bits per heavy atom. The standard InChI is InChI=1S/C17H24N2O2S.ClH/c20-14-9-16(18-10-14)17(21)19-13-5-3-4-12(8-13)11-22-15-6-1-2-7-15;/h3-5,8,14-16,18,20H,1-2,6-7,9-11H2,(H,19,21);1H. The van der Waals surface area contributed by atoms with Gasteiger partial charge in [0.15, 0.2) is 0 Å². The molecule has 2 unspecified atom stereocenters. The van der Waals surface area contributed by atoms with E-state index < -0.39 is 6.10 Å². The van der Waals surface area contributed by atoms with Gasteiger partial charge in [-0.2, -0.15) is 11.8 Å². The van der Waals surface area contributed by atoms with Crippen LogP contribution in [0.5, 0.6) is 0 Å². The molecule has 3 N–H and O–H groups in total. The fraction of sp³-hybridized carbons (Fsp3) is 0.588. The second-order valence-electron chi connectivity index (χ2n) is 6.26. The van der Waals surface area contributed by atoms with Gasteiger partial charge >= 0.3 is 0 Å². The van der Waals surface area contributed by atoms with E-state index in [1.54, 1.807) is 0 Å². The van der Waals surface area contributed by atoms with E-state index >= 15 is 0 Å². The van der Waals surface area contributed by atoms with Gasteiger partial charge in [0, 0.05) is 23.2 Å². The van der Waals surface area contributed by atoms with Crippen molar-refractivity contribution in [1.82, 2.24) is 5.32 Å². The van der Waals surface area contributed by atoms with Gasteiger partial charge in [0.05, 0.1) is 12.1 Å². The number of aliphatic hydroxyl groups excluding tert-OH is 1. The molecule has 128 valence electrons. The van der Waals surface area contributed by atoms with Gasteiger partial charge in [0.2, 0.25) is 5.91 Å². The van der Waals surface area contributed by atoms with Crippen LogP contribution in [0.25, 0.3) is 0 Å². The summed E-state index contributed by atoms with van der Waals surface area (Å²) in [5, 5.41) is 16.3. The van der Waals surface area contributed by atoms with Crippen molar-refractivity contribution in [2.24, 2.45) is 0 Å². The molecule has 1 aliphatic heterocycles. The molecule has 0 bridgehead atoms. The van der Waals surface area contributed by atoms with Crippen LogP contribution in [0.15, 0.2) is 24.3 Å². The number of benzene rings is 1. The average Bonchev–Trinajstić information content (AvgIpc) is 3.17. The van der Waals surface area contributed by atoms with Crippen molar-refractivity contribution < 1.29 is 9.90 Å². The lowest BCUT2D eigenvalue weighted by Gasteiger charge is -2.13. The summed E-state index contributed by atoms with van der Waals surface area (Å²) >= 11 is 2.03. The number of carbonyl (C=O) groups excluding carboxylic acids is 1. The molecule has 1 aromatic rings. The summed E-state index contributed by atoms with van der Waals surface area (Å²) in [4.78, 5) is 12.1. The highest BCUT2D eigenvalue weighted by Gasteiger charge is 2.27. The van der Waals surface area contributed by atoms with Gasteiger partial charge in [0.1, 0.15) is 0 Å². The van der Waals surface area contributed by atoms with E-state index in [-0.39, 0.29) is 24.4 Å². The smallest absolute Gasteiger partial charge is 0.241 e. The lowest BCUT2D eigenvalue weighted by molar-refractivity contribution is -0.117. The van der Waals surface area contributed by atoms with Crippen LogP contribution in [0, 0.1) is 0 Å². The number of hydrogen-bond acceptors (Lipinski definition) is 4. The van der Waals surface area contributed by atoms with E-state index in [2.05, 4.69) is 22.8 Å². The Kier molecular flexibility index (Phi) is 7.21. The van der Waals surface area contributed by atoms with Crippen LogP contribution in [0.4, 0.5) is 5.69 Å². The van der Waals surface area contributed by atoms with Crippen LogP contribution in [0.2, 0.25) is 0 Å². The van der Waals surface area contributed by atoms with Gasteiger partial charge in [-0.1, -0.05) is 25.0 Å². The first-order valence-electron chi connectivity index (χ1n) is 8.13. The first-order chi connectivity index (χ1) is 10.7. The van der Waals surface area contributed by atoms with E-state index in [1.807, 2.05) is 23.9 Å². The molecular weight excluding hydrogens is 332 g/mol. The van der Waals surface area contributed by atoms with E-state index in [0.717, 1.165) is 16.7 Å². The Morgan fingerprint density at radius 2 is 2.13 bits per heavy atom. The second kappa shape index (κ2) is 8.92. The number of rotatable bonds is 5. The molecule has 2 fully saturated rings. The van der Waals surface area contributed by atoms with Crippen LogP contribution in [0.1, 0.15) is 37.7 Å². The van der Waals surface area contributed by atoms with Crippen LogP contribution in [-0.4, -0.2) is 35.0 Å². The van der Waals surface area contributed by atoms with Crippen LogP contribution < -0.4 is 10.6 Å². The molecule has 6 heteroatoms. The zero-order chi connectivity index (χ0) is 15.4. The van der Waals surface area contributed by atoms with Crippen molar-refractivity contribution in [3.8, 4) is 0 Å². The highest BCUT2D eigenvalue weighted by Crippen LogP contribution is 2.31. The summed E-state index contributed by atoms with van der Waals surface area (Å²) in [5.41, 5.74) is 2.10. The van der Waals surface area contributed by atoms with Gasteiger partial charge in [-0.25, -0.2) is 0 Å². The third kappa shape index (κ3) is 5.38. The van der Waals surface area contributed by atoms with E-state index in [9.17, 15) is 9.90 Å². The quantitative estimate of drug-likeness (QED) is 0.759. The maximum atomic E-state index is 12.1. The molecule has 0 aromatic heterocycles. The number of halogens is 1. The third-order valence-electron chi connectivity index (χ3n) is 4.41. The highest BCUT2D eigenvalue weighted by atomic mass is 35.5. The second-order valence-corrected chi connectivity index (χ2v) is 7.55. The normalized spacial score (nSPS) is 24.4. The molecule has 2 aliphatic rings. The van der Waals surface area contributed by atoms with E-state index in [0.29, 0.717) is 13.0 Å². The summed E-state index contributed by atoms with van der Waals surface area (Å²) in [6, 6.07) is 7.82. The largest absolute Gasteiger partial charge is 0.392 e. The molecule has 1 amide bonds. The Balaban J connectivity index is 0.00000192. The number of β-amino-alcohol motifs (C(OH)–C–C–N with tert-alkyl or cyclic N) is 1. The topological polar surface area (TPSA) is 61.4 Å². The van der Waals surface area contributed by atoms with Crippen molar-refractivity contribution >= 4 is 35.8 Å². The fourth-order valence-electron chi connectivity index (χ4n) is 3.15. The molecule has 1 saturated carbocycles. The molecule has 2 atom stereocenters. The van der Waals surface area contributed by atoms with Crippen molar-refractivity contribution in [3.05, 3.63) is 29.8 Å². The number of carbonyl (C=O) groups is 1. The number of aliphatic hydroxyl groups is 1. The zero-order valence-corrected chi connectivity index (χ0v) is 14.8. The molecule has 3 rings (SSSR count). The first kappa shape index (κ1) is 18.6. The number of hydrogen-bond donors (Lipinski definition) is 3. The molecule has 1 aliphatic carbocycles. The van der Waals surface area contributed by atoms with Gasteiger partial charge in [0.25, 0.3) is 0 Å². The maximum absolute atomic E-state index is 12.1. The maximum Gasteiger partial charge on any atom is 0.241 e. The Bertz CT molecular complexity index is 523. The predicted octanol–water partition coefficient (Wildman–Crippen LogP) is 2.95. The summed E-state index contributed by atoms with van der Waals surface area (Å²) < 4.78 is 0. The van der Waals surface area contributed by atoms with E-state index in [4.69, 9.17) is 0 Å². The summed E-state index contributed by atoms with van der Waals surface area (Å²) in [6.45, 7) is 0.496. The van der Waals surface area contributed by atoms with Crippen molar-refractivity contribution in [2.45, 2.75) is 55.3 Å². The minimum absolute atomic E-state index is 0. The monoisotopic (exact) mass is 356 g/mol. The average molecular weight is 357 g/mol. The Hall–Kier alpha value is -0.750. The zero-order valence-electron chi connectivity index (χ0n) is 13.2. The third-order valence-corrected chi connectivity index (χ3v) is 5.85. The summed E-state index contributed by atoms with van der Waals surface area (Å²) in [5.74, 6) is 0.951. The van der Waals surface area contributed by atoms with Crippen LogP contribution in [-0.2, 0) is 10.5 Å². The van der Waals surface area contributed by atoms with Gasteiger partial charge in [-0.15, -0.1) is 12.4 Å². The summed E-state index contributed by atoms with van der Waals surface area (Å²) in [6.07, 6.45) is 5.50. The van der Waals surface area contributed by atoms with Crippen molar-refractivity contribution in [3.63, 3.8) is 0 Å². The molecule has 1 saturated heterocycles. The Labute approximate surface area is 148 Å². The Morgan fingerprint density at radius 3 is 2.83 bits per heavy atom. The lowest BCUT2D eigenvalue weighted by Crippen LogP contribution is -2.35. The molecule has 0 spiro atoms. The molecule has 1 heterocycles. The van der Waals surface area contributed by atoms with Crippen molar-refractivity contribution in [1.29, 1.82) is 0 Å². The SMILES string of the molecule is Cl.O=C(Nc1cccc(CSC2CCCC2)c1)C1CC(O)CN1. The fourth-order valence-corrected chi connectivity index (χ4v) is 4.43. The number of anilines is 1. The van der Waals surface area contributed by atoms with Gasteiger partial charge in [-0.05, 0) is 37.0 Å². The van der Waals surface area contributed by atoms with Gasteiger partial charge in [-0.3, -0.25) is 4.79 Å². The number of nitrogens with one attached hydrogen (secondary N) is 2. The molecule has 0 radical (unpaired) electrons. The molecule has 4 nitrogen and oxygen atoms in total. The predicted molar refractivity (Wildman–Crippen MR) is 98.3 cm³/mol. The molecule has 23 heavy (non-hydrogen) atoms. The minimum atomic E-state index is -0.412. The lowest BCUT2D eigenvalue weighted by atomic mass is 10.1. The molecular formula is C17H25ClN2O2S. The van der Waals surface area contributed by atoms with Crippen molar-refractivity contribution in [2.75, 3.05) is 11.9 Å². The molecule has 1 aromatic carbocycles. The number of thioether (sulfide) groups is 1. The van der Waals surface area contributed by atoms with E-state index in [1.165, 1.54) is 31.2 Å². The minimum Gasteiger partial charge on any atom is -0.392 e. The first-order valence-corrected chi connectivity index (χ1v) is 9.18. The summed E-state index contributed by atoms with van der Waals surface area (Å²) in [7, 11) is 0. The van der Waals surface area contributed by atoms with Gasteiger partial charge < -0.3 is 15.7 Å². The van der Waals surface area contributed by atoms with Crippen LogP contribution >= 0.6 is 24.2 Å². The highest BCUT2D eigenvalue weighted by molar-refractivity contribution is 7.99. The van der Waals surface area contributed by atoms with Crippen LogP contribution in [0.3, 0.4) is 0 Å². The number of amides is 1.